The molecule has 0 atom stereocenters. The van der Waals surface area contributed by atoms with E-state index in [0.717, 1.165) is 56.7 Å². The maximum atomic E-state index is 13.6. The van der Waals surface area contributed by atoms with Crippen LogP contribution in [0.3, 0.4) is 0 Å². The number of ether oxygens (including phenoxy) is 1. The van der Waals surface area contributed by atoms with Crippen LogP contribution in [-0.4, -0.2) is 70.6 Å². The number of carboxylic acids is 2. The molecule has 2 aromatic carbocycles. The lowest BCUT2D eigenvalue weighted by molar-refractivity contribution is -0.134. The quantitative estimate of drug-likeness (QED) is 0.554. The van der Waals surface area contributed by atoms with Gasteiger partial charge in [-0.25, -0.2) is 14.0 Å². The third-order valence-corrected chi connectivity index (χ3v) is 5.95. The predicted octanol–water partition coefficient (Wildman–Crippen LogP) is 3.28. The maximum Gasteiger partial charge on any atom is 0.328 e. The molecule has 186 valence electrons. The van der Waals surface area contributed by atoms with Gasteiger partial charge in [-0.2, -0.15) is 0 Å². The van der Waals surface area contributed by atoms with E-state index < -0.39 is 11.9 Å². The summed E-state index contributed by atoms with van der Waals surface area (Å²) in [6, 6.07) is 14.4. The second-order valence-corrected chi connectivity index (χ2v) is 8.42. The van der Waals surface area contributed by atoms with Crippen LogP contribution in [0, 0.1) is 11.7 Å². The molecule has 1 fully saturated rings. The fourth-order valence-electron chi connectivity index (χ4n) is 4.16. The summed E-state index contributed by atoms with van der Waals surface area (Å²) < 4.78 is 19.1. The Hall–Kier alpha value is -3.72. The first-order valence-electron chi connectivity index (χ1n) is 11.4. The molecule has 2 aliphatic rings. The van der Waals surface area contributed by atoms with E-state index in [1.54, 1.807) is 18.2 Å². The van der Waals surface area contributed by atoms with Gasteiger partial charge >= 0.3 is 11.9 Å². The average molecular weight is 485 g/mol. The number of carbonyl (C=O) groups is 3. The number of amides is 1. The number of rotatable bonds is 8. The first kappa shape index (κ1) is 25.9. The number of carbonyl (C=O) groups excluding carboxylic acids is 1. The first-order valence-corrected chi connectivity index (χ1v) is 11.4. The second-order valence-electron chi connectivity index (χ2n) is 8.42. The van der Waals surface area contributed by atoms with E-state index in [1.807, 2.05) is 29.2 Å². The number of para-hydroxylation sites is 1. The van der Waals surface area contributed by atoms with Gasteiger partial charge in [-0.05, 0) is 55.6 Å². The molecule has 0 spiro atoms. The van der Waals surface area contributed by atoms with Crippen molar-refractivity contribution in [3.8, 4) is 5.75 Å². The van der Waals surface area contributed by atoms with Gasteiger partial charge in [0.05, 0.1) is 0 Å². The van der Waals surface area contributed by atoms with Crippen LogP contribution in [0.4, 0.5) is 4.39 Å². The summed E-state index contributed by atoms with van der Waals surface area (Å²) in [6.07, 6.45) is 3.28. The largest absolute Gasteiger partial charge is 0.489 e. The van der Waals surface area contributed by atoms with E-state index in [4.69, 9.17) is 14.9 Å². The van der Waals surface area contributed by atoms with Crippen LogP contribution in [0.2, 0.25) is 0 Å². The van der Waals surface area contributed by atoms with Crippen molar-refractivity contribution < 1.29 is 33.7 Å². The summed E-state index contributed by atoms with van der Waals surface area (Å²) in [5.74, 6) is -1.79. The van der Waals surface area contributed by atoms with Crippen LogP contribution in [0.5, 0.6) is 5.75 Å². The van der Waals surface area contributed by atoms with Crippen molar-refractivity contribution in [2.24, 2.45) is 5.92 Å². The lowest BCUT2D eigenvalue weighted by Gasteiger charge is -2.33. The van der Waals surface area contributed by atoms with Gasteiger partial charge in [0, 0.05) is 37.3 Å². The summed E-state index contributed by atoms with van der Waals surface area (Å²) in [5, 5.41) is 15.6. The highest BCUT2D eigenvalue weighted by molar-refractivity contribution is 5.98. The Morgan fingerprint density at radius 3 is 2.26 bits per heavy atom. The Balaban J connectivity index is 0.000000371. The molecule has 0 radical (unpaired) electrons. The minimum atomic E-state index is -1.26. The third-order valence-electron chi connectivity index (χ3n) is 5.95. The molecule has 0 aromatic heterocycles. The minimum absolute atomic E-state index is 0.173. The standard InChI is InChI=1S/C22H25FN2O2.C4H4O4/c23-20-7-3-4-8-21(20)27-14-13-24-11-9-17(10-12-24)15-25-16-18-5-1-2-6-19(18)22(25)26;5-3(6)1-2-4(7)8/h1-8,17H,9-16H2;1-2H,(H,5,6)(H,7,8)/b;2-1+. The van der Waals surface area contributed by atoms with Crippen LogP contribution in [0.25, 0.3) is 0 Å². The molecule has 1 saturated heterocycles. The molecule has 0 bridgehead atoms. The average Bonchev–Trinajstić information content (AvgIpc) is 3.16. The second kappa shape index (κ2) is 12.7. The van der Waals surface area contributed by atoms with Crippen LogP contribution in [0.15, 0.2) is 60.7 Å². The molecule has 9 heteroatoms. The van der Waals surface area contributed by atoms with Crippen molar-refractivity contribution in [1.29, 1.82) is 0 Å². The highest BCUT2D eigenvalue weighted by Crippen LogP contribution is 2.26. The number of piperidine rings is 1. The fourth-order valence-corrected chi connectivity index (χ4v) is 4.16. The zero-order chi connectivity index (χ0) is 25.2. The summed E-state index contributed by atoms with van der Waals surface area (Å²) in [5.41, 5.74) is 2.01. The maximum absolute atomic E-state index is 13.6. The molecule has 2 aliphatic heterocycles. The van der Waals surface area contributed by atoms with Crippen molar-refractivity contribution in [2.45, 2.75) is 19.4 Å². The Morgan fingerprint density at radius 1 is 1.00 bits per heavy atom. The molecule has 35 heavy (non-hydrogen) atoms. The first-order chi connectivity index (χ1) is 16.8. The predicted molar refractivity (Wildman–Crippen MR) is 127 cm³/mol. The van der Waals surface area contributed by atoms with E-state index in [1.165, 1.54) is 6.07 Å². The van der Waals surface area contributed by atoms with Crippen molar-refractivity contribution in [2.75, 3.05) is 32.8 Å². The van der Waals surface area contributed by atoms with E-state index >= 15 is 0 Å². The Kier molecular flexibility index (Phi) is 9.37. The zero-order valence-electron chi connectivity index (χ0n) is 19.3. The molecule has 0 aliphatic carbocycles. The normalized spacial score (nSPS) is 16.0. The van der Waals surface area contributed by atoms with Gasteiger partial charge in [-0.15, -0.1) is 0 Å². The van der Waals surface area contributed by atoms with Crippen LogP contribution in [-0.2, 0) is 16.1 Å². The van der Waals surface area contributed by atoms with Crippen molar-refractivity contribution in [1.82, 2.24) is 9.80 Å². The van der Waals surface area contributed by atoms with E-state index in [2.05, 4.69) is 4.90 Å². The topological polar surface area (TPSA) is 107 Å². The van der Waals surface area contributed by atoms with Crippen molar-refractivity contribution >= 4 is 17.8 Å². The molecule has 4 rings (SSSR count). The molecule has 2 heterocycles. The highest BCUT2D eigenvalue weighted by Gasteiger charge is 2.30. The third kappa shape index (κ3) is 7.92. The van der Waals surface area contributed by atoms with E-state index in [-0.39, 0.29) is 11.7 Å². The van der Waals surface area contributed by atoms with Crippen LogP contribution >= 0.6 is 0 Å². The van der Waals surface area contributed by atoms with Gasteiger partial charge in [0.15, 0.2) is 11.6 Å². The monoisotopic (exact) mass is 484 g/mol. The minimum Gasteiger partial charge on any atom is -0.489 e. The van der Waals surface area contributed by atoms with Crippen molar-refractivity contribution in [3.63, 3.8) is 0 Å². The molecule has 8 nitrogen and oxygen atoms in total. The zero-order valence-corrected chi connectivity index (χ0v) is 19.3. The number of hydrogen-bond acceptors (Lipinski definition) is 5. The Morgan fingerprint density at radius 2 is 1.63 bits per heavy atom. The lowest BCUT2D eigenvalue weighted by Crippen LogP contribution is -2.40. The Labute approximate surface area is 203 Å². The summed E-state index contributed by atoms with van der Waals surface area (Å²) >= 11 is 0. The van der Waals surface area contributed by atoms with Gasteiger partial charge in [0.2, 0.25) is 0 Å². The fraction of sp³-hybridized carbons (Fsp3) is 0.346. The highest BCUT2D eigenvalue weighted by atomic mass is 19.1. The van der Waals surface area contributed by atoms with Gasteiger partial charge in [-0.3, -0.25) is 9.69 Å². The SMILES string of the molecule is O=C(O)/C=C/C(=O)O.O=C1c2ccccc2CN1CC1CCN(CCOc2ccccc2F)CC1. The summed E-state index contributed by atoms with van der Waals surface area (Å²) in [7, 11) is 0. The molecule has 1 amide bonds. The Bertz CT molecular complexity index is 1050. The smallest absolute Gasteiger partial charge is 0.328 e. The van der Waals surface area contributed by atoms with Gasteiger partial charge in [0.1, 0.15) is 6.61 Å². The molecule has 0 unspecified atom stereocenters. The number of carboxylic acid groups (broad SMARTS) is 2. The van der Waals surface area contributed by atoms with Gasteiger partial charge < -0.3 is 19.8 Å². The molecule has 0 saturated carbocycles. The van der Waals surface area contributed by atoms with E-state index in [0.29, 0.717) is 30.4 Å². The number of halogens is 1. The van der Waals surface area contributed by atoms with E-state index in [9.17, 15) is 18.8 Å². The molecular weight excluding hydrogens is 455 g/mol. The number of hydrogen-bond donors (Lipinski definition) is 2. The molecular formula is C26H29FN2O6. The van der Waals surface area contributed by atoms with Gasteiger partial charge in [0.25, 0.3) is 5.91 Å². The number of likely N-dealkylation sites (tertiary alicyclic amines) is 1. The van der Waals surface area contributed by atoms with Crippen molar-refractivity contribution in [3.05, 3.63) is 77.6 Å². The molecule has 2 aromatic rings. The molecule has 2 N–H and O–H groups in total. The summed E-state index contributed by atoms with van der Waals surface area (Å²) in [4.78, 5) is 36.0. The number of nitrogens with zero attached hydrogens (tertiary/aromatic N) is 2. The number of aliphatic carboxylic acids is 2. The van der Waals surface area contributed by atoms with Crippen LogP contribution < -0.4 is 4.74 Å². The number of benzene rings is 2. The van der Waals surface area contributed by atoms with Crippen LogP contribution in [0.1, 0.15) is 28.8 Å². The van der Waals surface area contributed by atoms with Gasteiger partial charge in [-0.1, -0.05) is 30.3 Å². The summed E-state index contributed by atoms with van der Waals surface area (Å²) in [6.45, 7) is 4.87. The number of fused-ring (bicyclic) bond motifs is 1. The lowest BCUT2D eigenvalue weighted by atomic mass is 9.96.